The average Bonchev–Trinajstić information content (AvgIpc) is 3.68. The van der Waals surface area contributed by atoms with Gasteiger partial charge >= 0.3 is 0 Å². The second-order valence-electron chi connectivity index (χ2n) is 14.2. The van der Waals surface area contributed by atoms with Crippen LogP contribution in [0.15, 0.2) is 194 Å². The van der Waals surface area contributed by atoms with Crippen molar-refractivity contribution in [2.45, 2.75) is 5.41 Å². The van der Waals surface area contributed by atoms with Crippen molar-refractivity contribution >= 4 is 32.9 Å². The maximum atomic E-state index is 3.76. The van der Waals surface area contributed by atoms with Crippen molar-refractivity contribution in [3.05, 3.63) is 216 Å². The van der Waals surface area contributed by atoms with E-state index in [9.17, 15) is 0 Å². The number of nitrogens with one attached hydrogen (secondary N) is 1. The maximum absolute atomic E-state index is 3.76. The van der Waals surface area contributed by atoms with Crippen molar-refractivity contribution in [3.63, 3.8) is 0 Å². The SMILES string of the molecule is c1ccc2c(c1)-c1ccccc1C21c2ccccc2-c2ccc(Nc3ccc(-c4ccc5ccc(-c6ccc7ccccc7c6)cc5c4)cc3)cc21. The second kappa shape index (κ2) is 11.2. The van der Waals surface area contributed by atoms with E-state index in [1.807, 2.05) is 0 Å². The lowest BCUT2D eigenvalue weighted by Crippen LogP contribution is -2.25. The summed E-state index contributed by atoms with van der Waals surface area (Å²) in [6.45, 7) is 0. The summed E-state index contributed by atoms with van der Waals surface area (Å²) in [6.07, 6.45) is 0. The standard InChI is InChI=1S/C51H33N/c1-2-10-36-29-38(21-17-33(36)9-1)39-22-19-35-18-20-37(30-40(35)31-39)34-23-25-41(26-24-34)52-42-27-28-46-45-13-5-8-16-49(45)51(50(46)32-42)47-14-6-3-11-43(47)44-12-4-7-15-48(44)51/h1-32,52H. The molecule has 0 saturated carbocycles. The first-order valence-corrected chi connectivity index (χ1v) is 18.1. The number of benzene rings is 9. The fourth-order valence-corrected chi connectivity index (χ4v) is 9.06. The van der Waals surface area contributed by atoms with Crippen LogP contribution in [0.4, 0.5) is 11.4 Å². The Morgan fingerprint density at radius 3 is 1.29 bits per heavy atom. The van der Waals surface area contributed by atoms with Gasteiger partial charge in [-0.05, 0) is 131 Å². The van der Waals surface area contributed by atoms with Crippen molar-refractivity contribution in [2.24, 2.45) is 0 Å². The summed E-state index contributed by atoms with van der Waals surface area (Å²) < 4.78 is 0. The molecule has 0 fully saturated rings. The zero-order valence-electron chi connectivity index (χ0n) is 28.5. The lowest BCUT2D eigenvalue weighted by molar-refractivity contribution is 0.794. The number of hydrogen-bond acceptors (Lipinski definition) is 1. The molecule has 0 radical (unpaired) electrons. The van der Waals surface area contributed by atoms with E-state index in [0.29, 0.717) is 0 Å². The van der Waals surface area contributed by atoms with E-state index in [1.54, 1.807) is 0 Å². The third-order valence-electron chi connectivity index (χ3n) is 11.4. The molecule has 9 aromatic carbocycles. The number of fused-ring (bicyclic) bond motifs is 12. The van der Waals surface area contributed by atoms with Crippen LogP contribution in [0, 0.1) is 0 Å². The smallest absolute Gasteiger partial charge is 0.0726 e. The normalized spacial score (nSPS) is 13.2. The van der Waals surface area contributed by atoms with E-state index in [1.165, 1.54) is 88.3 Å². The highest BCUT2D eigenvalue weighted by Crippen LogP contribution is 2.63. The van der Waals surface area contributed by atoms with Crippen LogP contribution >= 0.6 is 0 Å². The predicted molar refractivity (Wildman–Crippen MR) is 218 cm³/mol. The largest absolute Gasteiger partial charge is 0.356 e. The molecule has 2 aliphatic carbocycles. The molecule has 0 heterocycles. The summed E-state index contributed by atoms with van der Waals surface area (Å²) in [5.41, 5.74) is 17.4. The Kier molecular flexibility index (Phi) is 6.23. The van der Waals surface area contributed by atoms with E-state index in [-0.39, 0.29) is 5.41 Å². The summed E-state index contributed by atoms with van der Waals surface area (Å²) in [5, 5.41) is 8.78. The molecule has 1 nitrogen and oxygen atoms in total. The first-order chi connectivity index (χ1) is 25.7. The van der Waals surface area contributed by atoms with E-state index >= 15 is 0 Å². The summed E-state index contributed by atoms with van der Waals surface area (Å²) in [5.74, 6) is 0. The third kappa shape index (κ3) is 4.23. The highest BCUT2D eigenvalue weighted by molar-refractivity contribution is 5.96. The van der Waals surface area contributed by atoms with Gasteiger partial charge in [-0.15, -0.1) is 0 Å². The van der Waals surface area contributed by atoms with Crippen molar-refractivity contribution in [1.82, 2.24) is 0 Å². The van der Waals surface area contributed by atoms with E-state index in [4.69, 9.17) is 0 Å². The lowest BCUT2D eigenvalue weighted by atomic mass is 9.70. The van der Waals surface area contributed by atoms with Crippen LogP contribution in [-0.4, -0.2) is 0 Å². The minimum Gasteiger partial charge on any atom is -0.356 e. The molecule has 1 spiro atoms. The average molecular weight is 660 g/mol. The van der Waals surface area contributed by atoms with Gasteiger partial charge in [0.2, 0.25) is 0 Å². The van der Waals surface area contributed by atoms with E-state index in [2.05, 4.69) is 199 Å². The van der Waals surface area contributed by atoms with E-state index < -0.39 is 0 Å². The van der Waals surface area contributed by atoms with Gasteiger partial charge in [0.15, 0.2) is 0 Å². The van der Waals surface area contributed by atoms with Gasteiger partial charge < -0.3 is 5.32 Å². The first-order valence-electron chi connectivity index (χ1n) is 18.1. The Bertz CT molecular complexity index is 2810. The molecule has 0 bridgehead atoms. The van der Waals surface area contributed by atoms with E-state index in [0.717, 1.165) is 11.4 Å². The van der Waals surface area contributed by atoms with Crippen LogP contribution in [0.3, 0.4) is 0 Å². The fourth-order valence-electron chi connectivity index (χ4n) is 9.06. The summed E-state index contributed by atoms with van der Waals surface area (Å²) in [6, 6.07) is 71.5. The van der Waals surface area contributed by atoms with Crippen LogP contribution < -0.4 is 5.32 Å². The van der Waals surface area contributed by atoms with Gasteiger partial charge in [-0.1, -0.05) is 152 Å². The van der Waals surface area contributed by atoms with Crippen LogP contribution in [0.25, 0.3) is 66.1 Å². The highest BCUT2D eigenvalue weighted by atomic mass is 14.9. The number of hydrogen-bond donors (Lipinski definition) is 1. The van der Waals surface area contributed by atoms with Gasteiger partial charge in [-0.2, -0.15) is 0 Å². The minimum absolute atomic E-state index is 0.342. The Hall–Kier alpha value is -6.70. The molecular formula is C51H33N. The Balaban J connectivity index is 0.933. The van der Waals surface area contributed by atoms with Gasteiger partial charge in [0.25, 0.3) is 0 Å². The van der Waals surface area contributed by atoms with Crippen molar-refractivity contribution in [3.8, 4) is 44.5 Å². The lowest BCUT2D eigenvalue weighted by Gasteiger charge is -2.30. The molecule has 2 aliphatic rings. The van der Waals surface area contributed by atoms with Crippen LogP contribution in [0.1, 0.15) is 22.3 Å². The Morgan fingerprint density at radius 1 is 0.269 bits per heavy atom. The Labute approximate surface area is 303 Å². The second-order valence-corrected chi connectivity index (χ2v) is 14.2. The fraction of sp³-hybridized carbons (Fsp3) is 0.0196. The molecule has 0 aliphatic heterocycles. The summed E-state index contributed by atoms with van der Waals surface area (Å²) in [7, 11) is 0. The number of rotatable bonds is 4. The monoisotopic (exact) mass is 659 g/mol. The van der Waals surface area contributed by atoms with Gasteiger partial charge in [0.1, 0.15) is 0 Å². The molecule has 242 valence electrons. The quantitative estimate of drug-likeness (QED) is 0.198. The van der Waals surface area contributed by atoms with Crippen LogP contribution in [-0.2, 0) is 5.41 Å². The molecule has 0 amide bonds. The van der Waals surface area contributed by atoms with Crippen molar-refractivity contribution in [1.29, 1.82) is 0 Å². The molecule has 52 heavy (non-hydrogen) atoms. The molecule has 0 unspecified atom stereocenters. The molecule has 0 saturated heterocycles. The maximum Gasteiger partial charge on any atom is 0.0726 e. The van der Waals surface area contributed by atoms with Crippen LogP contribution in [0.2, 0.25) is 0 Å². The zero-order chi connectivity index (χ0) is 34.2. The molecular weight excluding hydrogens is 627 g/mol. The molecule has 1 N–H and O–H groups in total. The minimum atomic E-state index is -0.342. The summed E-state index contributed by atoms with van der Waals surface area (Å²) in [4.78, 5) is 0. The molecule has 0 atom stereocenters. The Morgan fingerprint density at radius 2 is 0.692 bits per heavy atom. The topological polar surface area (TPSA) is 12.0 Å². The van der Waals surface area contributed by atoms with Crippen molar-refractivity contribution in [2.75, 3.05) is 5.32 Å². The molecule has 0 aromatic heterocycles. The van der Waals surface area contributed by atoms with Gasteiger partial charge in [-0.3, -0.25) is 0 Å². The highest BCUT2D eigenvalue weighted by Gasteiger charge is 2.51. The predicted octanol–water partition coefficient (Wildman–Crippen LogP) is 13.4. The summed E-state index contributed by atoms with van der Waals surface area (Å²) >= 11 is 0. The zero-order valence-corrected chi connectivity index (χ0v) is 28.5. The van der Waals surface area contributed by atoms with Gasteiger partial charge in [-0.25, -0.2) is 0 Å². The van der Waals surface area contributed by atoms with Gasteiger partial charge in [0.05, 0.1) is 5.41 Å². The molecule has 9 aromatic rings. The third-order valence-corrected chi connectivity index (χ3v) is 11.4. The van der Waals surface area contributed by atoms with Crippen molar-refractivity contribution < 1.29 is 0 Å². The van der Waals surface area contributed by atoms with Crippen LogP contribution in [0.5, 0.6) is 0 Å². The number of anilines is 2. The molecule has 11 rings (SSSR count). The molecule has 1 heteroatoms. The van der Waals surface area contributed by atoms with Gasteiger partial charge in [0, 0.05) is 11.4 Å². The first kappa shape index (κ1) is 29.1.